The molecule has 54 heavy (non-hydrogen) atoms. The van der Waals surface area contributed by atoms with Gasteiger partial charge in [-0.15, -0.1) is 0 Å². The standard InChI is InChI=1S/C44H59NO9/c1-3-4-5-10-28-21-39(25-47)36-13-15-40-14-7-6-9-27-11-8-12-29(24-46)31(27)19-34(45-2)32-18-30(42(40,26-48)33-20-37(50)54-38(32)33)22-44(40,53)43(36,52)17-16-41(39,51)23-35(28)49/h8,11-12,20,25,28,30,32,34-36,38,45-46,48-49,51-53H,3-5,7,10,13-19,21-24,26H2,1-2H3/t28-,30-,32-,34+,35-,36-,38+,39+,40-,41+,42-,43+,44-/m1/s1. The molecule has 0 radical (unpaired) electrons. The Kier molecular flexibility index (Phi) is 9.57. The highest BCUT2D eigenvalue weighted by Gasteiger charge is 2.84. The second kappa shape index (κ2) is 13.5. The van der Waals surface area contributed by atoms with E-state index in [-0.39, 0.29) is 69.1 Å². The van der Waals surface area contributed by atoms with Gasteiger partial charge in [-0.1, -0.05) is 50.2 Å². The molecule has 0 aromatic heterocycles. The molecule has 6 aliphatic carbocycles. The molecule has 7 aliphatic rings. The second-order valence-electron chi connectivity index (χ2n) is 18.3. The van der Waals surface area contributed by atoms with Gasteiger partial charge in [-0.25, -0.2) is 4.79 Å². The number of aliphatic hydroxyl groups is 6. The molecule has 1 aliphatic heterocycles. The van der Waals surface area contributed by atoms with E-state index < -0.39 is 57.1 Å². The summed E-state index contributed by atoms with van der Waals surface area (Å²) < 4.78 is 6.17. The van der Waals surface area contributed by atoms with Gasteiger partial charge in [-0.05, 0) is 106 Å². The largest absolute Gasteiger partial charge is 0.454 e. The molecule has 13 atom stereocenters. The maximum atomic E-state index is 13.8. The van der Waals surface area contributed by atoms with Crippen molar-refractivity contribution in [3.63, 3.8) is 0 Å². The van der Waals surface area contributed by atoms with E-state index in [9.17, 15) is 40.2 Å². The van der Waals surface area contributed by atoms with Crippen LogP contribution in [0.15, 0.2) is 29.8 Å². The third-order valence-electron chi connectivity index (χ3n) is 16.7. The summed E-state index contributed by atoms with van der Waals surface area (Å²) in [5.41, 5.74) is -5.57. The fourth-order valence-electron chi connectivity index (χ4n) is 14.3. The first-order valence-electron chi connectivity index (χ1n) is 20.6. The summed E-state index contributed by atoms with van der Waals surface area (Å²) in [4.78, 5) is 27.1. The van der Waals surface area contributed by atoms with Crippen LogP contribution in [0.25, 0.3) is 0 Å². The van der Waals surface area contributed by atoms with Gasteiger partial charge in [0, 0.05) is 53.2 Å². The molecule has 1 aromatic carbocycles. The zero-order valence-corrected chi connectivity index (χ0v) is 31.9. The molecule has 1 aromatic rings. The zero-order valence-electron chi connectivity index (χ0n) is 31.9. The highest BCUT2D eigenvalue weighted by Crippen LogP contribution is 2.79. The van der Waals surface area contributed by atoms with Gasteiger partial charge in [0.2, 0.25) is 0 Å². The number of hydrogen-bond donors (Lipinski definition) is 7. The molecule has 4 bridgehead atoms. The van der Waals surface area contributed by atoms with Gasteiger partial charge in [-0.2, -0.15) is 0 Å². The molecule has 1 heterocycles. The Labute approximate surface area is 318 Å². The summed E-state index contributed by atoms with van der Waals surface area (Å²) in [5, 5.41) is 76.8. The predicted molar refractivity (Wildman–Crippen MR) is 199 cm³/mol. The topological polar surface area (TPSA) is 177 Å². The van der Waals surface area contributed by atoms with Crippen LogP contribution < -0.4 is 5.32 Å². The Bertz CT molecular complexity index is 1770. The van der Waals surface area contributed by atoms with Crippen LogP contribution in [-0.2, 0) is 27.4 Å². The monoisotopic (exact) mass is 745 g/mol. The fraction of sp³-hybridized carbons (Fsp3) is 0.727. The number of esters is 1. The van der Waals surface area contributed by atoms with E-state index >= 15 is 0 Å². The summed E-state index contributed by atoms with van der Waals surface area (Å²) in [6.45, 7) is 1.62. The van der Waals surface area contributed by atoms with E-state index in [2.05, 4.69) is 24.1 Å². The first kappa shape index (κ1) is 38.3. The minimum atomic E-state index is -1.81. The lowest BCUT2D eigenvalue weighted by Gasteiger charge is -2.70. The molecule has 10 nitrogen and oxygen atoms in total. The summed E-state index contributed by atoms with van der Waals surface area (Å²) in [6.07, 6.45) is 7.43. The second-order valence-corrected chi connectivity index (χ2v) is 18.3. The average Bonchev–Trinajstić information content (AvgIpc) is 3.66. The average molecular weight is 746 g/mol. The van der Waals surface area contributed by atoms with Gasteiger partial charge < -0.3 is 45.5 Å². The van der Waals surface area contributed by atoms with Crippen LogP contribution in [0.5, 0.6) is 0 Å². The maximum Gasteiger partial charge on any atom is 0.331 e. The first-order chi connectivity index (χ1) is 25.9. The van der Waals surface area contributed by atoms with E-state index in [1.807, 2.05) is 25.2 Å². The normalized spacial score (nSPS) is 46.1. The quantitative estimate of drug-likeness (QED) is 0.0906. The molecule has 7 N–H and O–H groups in total. The molecule has 5 fully saturated rings. The Morgan fingerprint density at radius 1 is 1.06 bits per heavy atom. The van der Waals surface area contributed by atoms with E-state index in [0.29, 0.717) is 44.1 Å². The summed E-state index contributed by atoms with van der Waals surface area (Å²) in [7, 11) is 1.87. The van der Waals surface area contributed by atoms with Crippen LogP contribution in [0.2, 0.25) is 0 Å². The number of nitrogens with one attached hydrogen (secondary N) is 1. The molecule has 0 saturated heterocycles. The Morgan fingerprint density at radius 3 is 2.59 bits per heavy atom. The van der Waals surface area contributed by atoms with Crippen molar-refractivity contribution < 1.29 is 45.0 Å². The van der Waals surface area contributed by atoms with Crippen LogP contribution in [0.1, 0.15) is 114 Å². The van der Waals surface area contributed by atoms with Gasteiger partial charge in [0.25, 0.3) is 0 Å². The fourth-order valence-corrected chi connectivity index (χ4v) is 14.3. The molecule has 8 rings (SSSR count). The van der Waals surface area contributed by atoms with Gasteiger partial charge in [0.1, 0.15) is 18.0 Å². The number of carbonyl (C=O) groups is 2. The van der Waals surface area contributed by atoms with Crippen molar-refractivity contribution in [3.05, 3.63) is 46.5 Å². The number of aliphatic hydroxyl groups excluding tert-OH is 3. The summed E-state index contributed by atoms with van der Waals surface area (Å²) in [6, 6.07) is 5.52. The third-order valence-corrected chi connectivity index (χ3v) is 16.7. The SMILES string of the molecule is CCCCC[C@@H]1C[C@]2(C=O)[C@H]3CC[C@@]45CCC#Cc6cccc(CO)c6C[C@H](NC)[C@H]6C[C@H](C[C@]4(O)[C@]3(O)CC[C@]2(O)C[C@H]1O)[C@]5(CO)C1=CC(=O)O[C@H]16. The number of benzene rings is 1. The summed E-state index contributed by atoms with van der Waals surface area (Å²) in [5.74, 6) is 4.67. The van der Waals surface area contributed by atoms with E-state index in [1.54, 1.807) is 0 Å². The molecule has 0 unspecified atom stereocenters. The van der Waals surface area contributed by atoms with E-state index in [4.69, 9.17) is 4.74 Å². The molecule has 10 heteroatoms. The lowest BCUT2D eigenvalue weighted by molar-refractivity contribution is -0.329. The summed E-state index contributed by atoms with van der Waals surface area (Å²) >= 11 is 0. The number of carbonyl (C=O) groups excluding carboxylic acids is 2. The molecule has 5 saturated carbocycles. The number of likely N-dealkylation sites (N-methyl/N-ethyl adjacent to an activating group) is 1. The number of hydrogen-bond acceptors (Lipinski definition) is 10. The minimum Gasteiger partial charge on any atom is -0.454 e. The molecule has 1 spiro atoms. The van der Waals surface area contributed by atoms with Crippen LogP contribution >= 0.6 is 0 Å². The van der Waals surface area contributed by atoms with Crippen LogP contribution in [0, 0.1) is 51.8 Å². The predicted octanol–water partition coefficient (Wildman–Crippen LogP) is 3.25. The van der Waals surface area contributed by atoms with Gasteiger partial charge >= 0.3 is 5.97 Å². The van der Waals surface area contributed by atoms with E-state index in [0.717, 1.165) is 48.7 Å². The number of unbranched alkanes of at least 4 members (excludes halogenated alkanes) is 2. The van der Waals surface area contributed by atoms with Crippen molar-refractivity contribution in [2.75, 3.05) is 13.7 Å². The van der Waals surface area contributed by atoms with Crippen LogP contribution in [-0.4, -0.2) is 91.6 Å². The lowest BCUT2D eigenvalue weighted by Crippen LogP contribution is -2.78. The van der Waals surface area contributed by atoms with Crippen molar-refractivity contribution in [2.24, 2.45) is 39.9 Å². The smallest absolute Gasteiger partial charge is 0.331 e. The molecule has 294 valence electrons. The third kappa shape index (κ3) is 4.85. The van der Waals surface area contributed by atoms with Crippen LogP contribution in [0.3, 0.4) is 0 Å². The number of fused-ring (bicyclic) bond motifs is 8. The van der Waals surface area contributed by atoms with E-state index in [1.165, 1.54) is 6.08 Å². The van der Waals surface area contributed by atoms with Crippen molar-refractivity contribution in [1.29, 1.82) is 0 Å². The highest BCUT2D eigenvalue weighted by atomic mass is 16.5. The molecule has 0 amide bonds. The van der Waals surface area contributed by atoms with Crippen LogP contribution in [0.4, 0.5) is 0 Å². The first-order valence-corrected chi connectivity index (χ1v) is 20.6. The minimum absolute atomic E-state index is 0.0346. The maximum absolute atomic E-state index is 13.8. The van der Waals surface area contributed by atoms with Crippen molar-refractivity contribution in [2.45, 2.75) is 145 Å². The number of rotatable bonds is 8. The lowest BCUT2D eigenvalue weighted by atomic mass is 9.36. The molecular formula is C44H59NO9. The Morgan fingerprint density at radius 2 is 1.87 bits per heavy atom. The molecular weight excluding hydrogens is 686 g/mol. The van der Waals surface area contributed by atoms with Gasteiger partial charge in [-0.3, -0.25) is 0 Å². The Hall–Kier alpha value is -2.62. The number of aldehydes is 1. The van der Waals surface area contributed by atoms with Crippen molar-refractivity contribution >= 4 is 12.3 Å². The van der Waals surface area contributed by atoms with Crippen molar-refractivity contribution in [3.8, 4) is 11.8 Å². The van der Waals surface area contributed by atoms with Gasteiger partial charge in [0.15, 0.2) is 0 Å². The highest BCUT2D eigenvalue weighted by molar-refractivity contribution is 5.87. The Balaban J connectivity index is 1.29. The van der Waals surface area contributed by atoms with Crippen molar-refractivity contribution in [1.82, 2.24) is 5.32 Å². The van der Waals surface area contributed by atoms with Gasteiger partial charge in [0.05, 0.1) is 35.9 Å². The number of ether oxygens (including phenoxy) is 1. The zero-order chi connectivity index (χ0) is 38.3.